The molecule has 0 saturated heterocycles. The lowest BCUT2D eigenvalue weighted by molar-refractivity contribution is -0.130. The van der Waals surface area contributed by atoms with Crippen molar-refractivity contribution in [3.63, 3.8) is 0 Å². The molecule has 3 amide bonds. The monoisotopic (exact) mass is 382 g/mol. The number of hydrogen-bond donors (Lipinski definition) is 3. The first-order valence-electron chi connectivity index (χ1n) is 9.31. The maximum Gasteiger partial charge on any atom is 0.408 e. The first-order valence-corrected chi connectivity index (χ1v) is 9.31. The molecule has 0 aliphatic rings. The summed E-state index contributed by atoms with van der Waals surface area (Å²) in [5, 5.41) is 16.7. The molecular formula is C19H34N4O4. The van der Waals surface area contributed by atoms with Crippen LogP contribution >= 0.6 is 0 Å². The van der Waals surface area contributed by atoms with Gasteiger partial charge in [-0.15, -0.1) is 0 Å². The van der Waals surface area contributed by atoms with Crippen LogP contribution in [0.3, 0.4) is 0 Å². The van der Waals surface area contributed by atoms with Crippen LogP contribution in [0.25, 0.3) is 0 Å². The molecule has 2 unspecified atom stereocenters. The van der Waals surface area contributed by atoms with Gasteiger partial charge in [0.05, 0.1) is 6.07 Å². The number of nitrogens with zero attached hydrogens (tertiary/aromatic N) is 1. The van der Waals surface area contributed by atoms with E-state index in [0.717, 1.165) is 0 Å². The molecule has 0 saturated carbocycles. The van der Waals surface area contributed by atoms with Gasteiger partial charge in [-0.05, 0) is 39.0 Å². The zero-order chi connectivity index (χ0) is 21.2. The molecule has 3 N–H and O–H groups in total. The molecule has 0 aromatic heterocycles. The Morgan fingerprint density at radius 3 is 2.07 bits per heavy atom. The lowest BCUT2D eigenvalue weighted by atomic mass is 9.97. The average molecular weight is 383 g/mol. The summed E-state index contributed by atoms with van der Waals surface area (Å²) in [6.45, 7) is 12.5. The molecule has 0 aliphatic heterocycles. The summed E-state index contributed by atoms with van der Waals surface area (Å²) in [6.07, 6.45) is 0.208. The Bertz CT molecular complexity index is 547. The number of amides is 3. The van der Waals surface area contributed by atoms with E-state index in [1.807, 2.05) is 27.7 Å². The molecule has 0 aliphatic carbocycles. The summed E-state index contributed by atoms with van der Waals surface area (Å²) < 4.78 is 5.07. The van der Waals surface area contributed by atoms with E-state index in [0.29, 0.717) is 12.8 Å². The van der Waals surface area contributed by atoms with E-state index < -0.39 is 23.6 Å². The molecule has 0 fully saturated rings. The fourth-order valence-electron chi connectivity index (χ4n) is 2.29. The van der Waals surface area contributed by atoms with Crippen molar-refractivity contribution in [2.75, 3.05) is 6.54 Å². The Morgan fingerprint density at radius 1 is 1.04 bits per heavy atom. The smallest absolute Gasteiger partial charge is 0.408 e. The molecule has 27 heavy (non-hydrogen) atoms. The zero-order valence-corrected chi connectivity index (χ0v) is 17.5. The van der Waals surface area contributed by atoms with Gasteiger partial charge in [-0.1, -0.05) is 27.7 Å². The van der Waals surface area contributed by atoms with Crippen LogP contribution in [0.1, 0.15) is 61.3 Å². The van der Waals surface area contributed by atoms with Gasteiger partial charge in [-0.2, -0.15) is 5.26 Å². The van der Waals surface area contributed by atoms with Crippen LogP contribution in [0.2, 0.25) is 0 Å². The second-order valence-electron chi connectivity index (χ2n) is 8.20. The average Bonchev–Trinajstić information content (AvgIpc) is 2.52. The van der Waals surface area contributed by atoms with Crippen LogP contribution < -0.4 is 16.0 Å². The zero-order valence-electron chi connectivity index (χ0n) is 17.5. The molecule has 8 heteroatoms. The third-order valence-corrected chi connectivity index (χ3v) is 3.76. The Balaban J connectivity index is 4.74. The van der Waals surface area contributed by atoms with Crippen LogP contribution in [0.5, 0.6) is 0 Å². The van der Waals surface area contributed by atoms with Gasteiger partial charge in [0.1, 0.15) is 18.2 Å². The van der Waals surface area contributed by atoms with E-state index >= 15 is 0 Å². The number of carbonyl (C=O) groups excluding carboxylic acids is 3. The second-order valence-corrected chi connectivity index (χ2v) is 8.20. The van der Waals surface area contributed by atoms with E-state index in [9.17, 15) is 14.4 Å². The predicted octanol–water partition coefficient (Wildman–Crippen LogP) is 2.10. The molecular weight excluding hydrogens is 348 g/mol. The van der Waals surface area contributed by atoms with Gasteiger partial charge in [-0.25, -0.2) is 4.79 Å². The topological polar surface area (TPSA) is 120 Å². The molecule has 8 nitrogen and oxygen atoms in total. The predicted molar refractivity (Wildman–Crippen MR) is 103 cm³/mol. The lowest BCUT2D eigenvalue weighted by Crippen LogP contribution is -2.54. The Morgan fingerprint density at radius 2 is 1.63 bits per heavy atom. The third-order valence-electron chi connectivity index (χ3n) is 3.76. The van der Waals surface area contributed by atoms with Crippen LogP contribution in [0.15, 0.2) is 0 Å². The fourth-order valence-corrected chi connectivity index (χ4v) is 2.29. The van der Waals surface area contributed by atoms with Gasteiger partial charge in [0, 0.05) is 12.5 Å². The van der Waals surface area contributed by atoms with E-state index in [1.165, 1.54) is 0 Å². The summed E-state index contributed by atoms with van der Waals surface area (Å²) >= 11 is 0. The number of hydrogen-bond acceptors (Lipinski definition) is 5. The van der Waals surface area contributed by atoms with E-state index in [2.05, 4.69) is 22.0 Å². The maximum absolute atomic E-state index is 12.6. The van der Waals surface area contributed by atoms with Crippen molar-refractivity contribution in [2.45, 2.75) is 79.0 Å². The highest BCUT2D eigenvalue weighted by Gasteiger charge is 2.27. The van der Waals surface area contributed by atoms with Crippen molar-refractivity contribution < 1.29 is 19.1 Å². The summed E-state index contributed by atoms with van der Waals surface area (Å²) in [4.78, 5) is 36.3. The molecule has 0 aromatic carbocycles. The summed E-state index contributed by atoms with van der Waals surface area (Å²) in [7, 11) is 0. The fraction of sp³-hybridized carbons (Fsp3) is 0.789. The number of carbonyl (C=O) groups is 3. The first kappa shape index (κ1) is 24.7. The molecule has 0 bridgehead atoms. The summed E-state index contributed by atoms with van der Waals surface area (Å²) in [5.74, 6) is -0.751. The van der Waals surface area contributed by atoms with Gasteiger partial charge >= 0.3 is 6.09 Å². The SMILES string of the molecule is CC(C)C(CCC#N)NC(=O)C(NC(=O)CNC(=O)OC(C)(C)C)C(C)C. The lowest BCUT2D eigenvalue weighted by Gasteiger charge is -2.27. The van der Waals surface area contributed by atoms with Crippen LogP contribution in [0.4, 0.5) is 4.79 Å². The van der Waals surface area contributed by atoms with Gasteiger partial charge < -0.3 is 20.7 Å². The molecule has 0 aromatic rings. The standard InChI is InChI=1S/C19H34N4O4/c1-12(2)14(9-8-10-20)22-17(25)16(13(3)4)23-15(24)11-21-18(26)27-19(5,6)7/h12-14,16H,8-9,11H2,1-7H3,(H,21,26)(H,22,25)(H,23,24). The number of rotatable bonds is 9. The van der Waals surface area contributed by atoms with Crippen molar-refractivity contribution in [3.8, 4) is 6.07 Å². The third kappa shape index (κ3) is 11.1. The van der Waals surface area contributed by atoms with E-state index in [4.69, 9.17) is 10.00 Å². The summed E-state index contributed by atoms with van der Waals surface area (Å²) in [5.41, 5.74) is -0.657. The van der Waals surface area contributed by atoms with E-state index in [-0.39, 0.29) is 30.3 Å². The van der Waals surface area contributed by atoms with Crippen LogP contribution in [-0.4, -0.2) is 42.1 Å². The Labute approximate surface area is 162 Å². The number of nitrogens with one attached hydrogen (secondary N) is 3. The van der Waals surface area contributed by atoms with Gasteiger partial charge in [0.15, 0.2) is 0 Å². The van der Waals surface area contributed by atoms with Crippen molar-refractivity contribution >= 4 is 17.9 Å². The van der Waals surface area contributed by atoms with Crippen molar-refractivity contribution in [3.05, 3.63) is 0 Å². The highest BCUT2D eigenvalue weighted by atomic mass is 16.6. The van der Waals surface area contributed by atoms with Gasteiger partial charge in [0.2, 0.25) is 11.8 Å². The van der Waals surface area contributed by atoms with Crippen molar-refractivity contribution in [1.82, 2.24) is 16.0 Å². The summed E-state index contributed by atoms with van der Waals surface area (Å²) in [6, 6.07) is 1.20. The molecule has 0 radical (unpaired) electrons. The van der Waals surface area contributed by atoms with Crippen LogP contribution in [-0.2, 0) is 14.3 Å². The van der Waals surface area contributed by atoms with Gasteiger partial charge in [-0.3, -0.25) is 9.59 Å². The normalized spacial score (nSPS) is 13.5. The van der Waals surface area contributed by atoms with Crippen molar-refractivity contribution in [2.24, 2.45) is 11.8 Å². The largest absolute Gasteiger partial charge is 0.444 e. The highest BCUT2D eigenvalue weighted by molar-refractivity contribution is 5.89. The maximum atomic E-state index is 12.6. The quantitative estimate of drug-likeness (QED) is 0.564. The number of alkyl carbamates (subject to hydrolysis) is 1. The highest BCUT2D eigenvalue weighted by Crippen LogP contribution is 2.10. The second kappa shape index (κ2) is 11.4. The van der Waals surface area contributed by atoms with E-state index in [1.54, 1.807) is 20.8 Å². The Hall–Kier alpha value is -2.30. The number of nitriles is 1. The molecule has 0 rings (SSSR count). The number of ether oxygens (including phenoxy) is 1. The van der Waals surface area contributed by atoms with Crippen molar-refractivity contribution in [1.29, 1.82) is 5.26 Å². The minimum absolute atomic E-state index is 0.140. The first-order chi connectivity index (χ1) is 12.4. The molecule has 0 heterocycles. The van der Waals surface area contributed by atoms with Gasteiger partial charge in [0.25, 0.3) is 0 Å². The molecule has 2 atom stereocenters. The molecule has 154 valence electrons. The Kier molecular flexibility index (Phi) is 10.4. The molecule has 0 spiro atoms. The van der Waals surface area contributed by atoms with Crippen LogP contribution in [0, 0.1) is 23.2 Å². The minimum Gasteiger partial charge on any atom is -0.444 e. The minimum atomic E-state index is -0.735.